The molecule has 2 aromatic carbocycles. The zero-order valence-corrected chi connectivity index (χ0v) is 20.1. The summed E-state index contributed by atoms with van der Waals surface area (Å²) in [6.45, 7) is 2.12. The zero-order chi connectivity index (χ0) is 23.9. The molecule has 0 bridgehead atoms. The van der Waals surface area contributed by atoms with Crippen molar-refractivity contribution in [2.75, 3.05) is 13.1 Å². The lowest BCUT2D eigenvalue weighted by Gasteiger charge is -2.11. The van der Waals surface area contributed by atoms with Crippen molar-refractivity contribution < 1.29 is 0 Å². The van der Waals surface area contributed by atoms with Gasteiger partial charge in [-0.2, -0.15) is 0 Å². The third kappa shape index (κ3) is 3.81. The number of hydrogen-bond acceptors (Lipinski definition) is 5. The number of hydrogen-bond donors (Lipinski definition) is 4. The van der Waals surface area contributed by atoms with Crippen LogP contribution in [0.1, 0.15) is 49.4 Å². The fraction of sp³-hybridized carbons (Fsp3) is 0.276. The molecule has 5 heterocycles. The van der Waals surface area contributed by atoms with Crippen molar-refractivity contribution >= 4 is 10.9 Å². The van der Waals surface area contributed by atoms with Crippen molar-refractivity contribution in [1.82, 2.24) is 35.6 Å². The van der Waals surface area contributed by atoms with E-state index in [9.17, 15) is 0 Å². The summed E-state index contributed by atoms with van der Waals surface area (Å²) in [5.74, 6) is 2.04. The molecule has 2 saturated heterocycles. The number of aromatic nitrogens is 5. The molecule has 36 heavy (non-hydrogen) atoms. The molecule has 7 rings (SSSR count). The Bertz CT molecular complexity index is 1500. The number of rotatable bonds is 5. The van der Waals surface area contributed by atoms with Crippen LogP contribution in [-0.2, 0) is 0 Å². The Balaban J connectivity index is 1.21. The Morgan fingerprint density at radius 3 is 1.97 bits per heavy atom. The highest BCUT2D eigenvalue weighted by molar-refractivity contribution is 6.02. The highest BCUT2D eigenvalue weighted by atomic mass is 15.0. The van der Waals surface area contributed by atoms with Crippen LogP contribution in [0.3, 0.4) is 0 Å². The lowest BCUT2D eigenvalue weighted by Crippen LogP contribution is -2.14. The van der Waals surface area contributed by atoms with Gasteiger partial charge in [0, 0.05) is 17.1 Å². The molecule has 2 atom stereocenters. The molecule has 7 heteroatoms. The quantitative estimate of drug-likeness (QED) is 0.268. The average molecular weight is 476 g/mol. The molecule has 0 saturated carbocycles. The Labute approximate surface area is 209 Å². The van der Waals surface area contributed by atoms with Crippen molar-refractivity contribution in [3.8, 4) is 33.6 Å². The number of nitrogens with one attached hydrogen (secondary N) is 4. The van der Waals surface area contributed by atoms with Crippen molar-refractivity contribution in [2.45, 2.75) is 37.8 Å². The summed E-state index contributed by atoms with van der Waals surface area (Å²) in [5, 5.41) is 8.16. The van der Waals surface area contributed by atoms with Crippen LogP contribution in [0.15, 0.2) is 67.1 Å². The molecule has 2 fully saturated rings. The fourth-order valence-corrected chi connectivity index (χ4v) is 5.62. The van der Waals surface area contributed by atoms with Crippen LogP contribution in [-0.4, -0.2) is 38.0 Å². The highest BCUT2D eigenvalue weighted by Crippen LogP contribution is 2.35. The van der Waals surface area contributed by atoms with Crippen LogP contribution in [0.4, 0.5) is 0 Å². The Morgan fingerprint density at radius 1 is 0.639 bits per heavy atom. The molecular weight excluding hydrogens is 446 g/mol. The predicted molar refractivity (Wildman–Crippen MR) is 142 cm³/mol. The van der Waals surface area contributed by atoms with Gasteiger partial charge in [-0.3, -0.25) is 4.98 Å². The van der Waals surface area contributed by atoms with E-state index in [1.165, 1.54) is 24.0 Å². The van der Waals surface area contributed by atoms with E-state index < -0.39 is 0 Å². The zero-order valence-electron chi connectivity index (χ0n) is 20.1. The molecule has 2 aliphatic heterocycles. The van der Waals surface area contributed by atoms with Gasteiger partial charge < -0.3 is 20.6 Å². The largest absolute Gasteiger partial charge is 0.341 e. The molecule has 5 aromatic rings. The first-order valence-electron chi connectivity index (χ1n) is 12.9. The lowest BCUT2D eigenvalue weighted by molar-refractivity contribution is 0.613. The summed E-state index contributed by atoms with van der Waals surface area (Å²) in [6.07, 6.45) is 10.4. The summed E-state index contributed by atoms with van der Waals surface area (Å²) in [6, 6.07) is 17.9. The maximum Gasteiger partial charge on any atom is 0.123 e. The summed E-state index contributed by atoms with van der Waals surface area (Å²) >= 11 is 0. The monoisotopic (exact) mass is 475 g/mol. The second kappa shape index (κ2) is 9.00. The smallest absolute Gasteiger partial charge is 0.123 e. The molecule has 2 aliphatic rings. The van der Waals surface area contributed by atoms with E-state index in [4.69, 9.17) is 4.98 Å². The van der Waals surface area contributed by atoms with Gasteiger partial charge in [-0.05, 0) is 67.6 Å². The van der Waals surface area contributed by atoms with E-state index in [0.29, 0.717) is 12.1 Å². The van der Waals surface area contributed by atoms with Gasteiger partial charge in [-0.1, -0.05) is 36.4 Å². The predicted octanol–water partition coefficient (Wildman–Crippen LogP) is 5.53. The minimum absolute atomic E-state index is 0.316. The first-order valence-corrected chi connectivity index (χ1v) is 12.9. The van der Waals surface area contributed by atoms with E-state index in [2.05, 4.69) is 73.0 Å². The second-order valence-corrected chi connectivity index (χ2v) is 9.80. The topological polar surface area (TPSA) is 94.3 Å². The number of imidazole rings is 2. The molecule has 0 radical (unpaired) electrons. The summed E-state index contributed by atoms with van der Waals surface area (Å²) in [7, 11) is 0. The standard InChI is InChI=1S/C29H29N7/c1-4-21-20(18-7-9-19(10-8-18)25-16-33-28(35-25)23-5-2-13-30-23)11-12-22(27(21)32-15-1)26-17-34-29(36-26)24-6-3-14-31-24/h1,4,7-12,15-17,23-24,30-31H,2-3,5-6,13-14H2,(H,33,35)(H,34,36). The van der Waals surface area contributed by atoms with Gasteiger partial charge in [0.25, 0.3) is 0 Å². The van der Waals surface area contributed by atoms with E-state index in [1.54, 1.807) is 0 Å². The number of nitrogens with zero attached hydrogens (tertiary/aromatic N) is 3. The van der Waals surface area contributed by atoms with E-state index in [-0.39, 0.29) is 0 Å². The second-order valence-electron chi connectivity index (χ2n) is 9.80. The van der Waals surface area contributed by atoms with Gasteiger partial charge in [0.1, 0.15) is 11.6 Å². The third-order valence-corrected chi connectivity index (χ3v) is 7.54. The highest BCUT2D eigenvalue weighted by Gasteiger charge is 2.21. The van der Waals surface area contributed by atoms with Crippen LogP contribution >= 0.6 is 0 Å². The van der Waals surface area contributed by atoms with Gasteiger partial charge in [-0.25, -0.2) is 9.97 Å². The molecule has 0 spiro atoms. The lowest BCUT2D eigenvalue weighted by atomic mass is 9.96. The van der Waals surface area contributed by atoms with Gasteiger partial charge in [0.05, 0.1) is 41.4 Å². The maximum absolute atomic E-state index is 4.77. The van der Waals surface area contributed by atoms with Crippen molar-refractivity contribution in [1.29, 1.82) is 0 Å². The number of pyridine rings is 1. The number of aromatic amines is 2. The molecular formula is C29H29N7. The first kappa shape index (κ1) is 21.5. The fourth-order valence-electron chi connectivity index (χ4n) is 5.62. The molecule has 0 amide bonds. The number of H-pyrrole nitrogens is 2. The van der Waals surface area contributed by atoms with Crippen LogP contribution in [0.5, 0.6) is 0 Å². The van der Waals surface area contributed by atoms with Gasteiger partial charge in [0.15, 0.2) is 0 Å². The summed E-state index contributed by atoms with van der Waals surface area (Å²) < 4.78 is 0. The minimum Gasteiger partial charge on any atom is -0.341 e. The Kier molecular flexibility index (Phi) is 5.37. The first-order chi connectivity index (χ1) is 17.8. The molecule has 7 nitrogen and oxygen atoms in total. The molecule has 2 unspecified atom stereocenters. The van der Waals surface area contributed by atoms with Crippen LogP contribution in [0.2, 0.25) is 0 Å². The Morgan fingerprint density at radius 2 is 1.28 bits per heavy atom. The van der Waals surface area contributed by atoms with Gasteiger partial charge in [0.2, 0.25) is 0 Å². The third-order valence-electron chi connectivity index (χ3n) is 7.54. The van der Waals surface area contributed by atoms with Crippen LogP contribution in [0.25, 0.3) is 44.5 Å². The van der Waals surface area contributed by atoms with Crippen molar-refractivity contribution in [3.63, 3.8) is 0 Å². The number of benzene rings is 2. The molecule has 0 aliphatic carbocycles. The SMILES string of the molecule is c1cnc2c(-c3cnc(C4CCCN4)[nH]3)ccc(-c3ccc(-c4cnc(C5CCCN5)[nH]4)cc3)c2c1. The normalized spacial score (nSPS) is 19.9. The average Bonchev–Trinajstić information content (AvgIpc) is 3.75. The van der Waals surface area contributed by atoms with Crippen molar-refractivity contribution in [2.24, 2.45) is 0 Å². The maximum atomic E-state index is 4.77. The van der Waals surface area contributed by atoms with Gasteiger partial charge in [-0.15, -0.1) is 0 Å². The van der Waals surface area contributed by atoms with Crippen molar-refractivity contribution in [3.05, 3.63) is 78.8 Å². The Hall–Kier alpha value is -3.81. The molecule has 180 valence electrons. The minimum atomic E-state index is 0.316. The van der Waals surface area contributed by atoms with E-state index >= 15 is 0 Å². The number of fused-ring (bicyclic) bond motifs is 1. The van der Waals surface area contributed by atoms with E-state index in [1.807, 2.05) is 24.7 Å². The van der Waals surface area contributed by atoms with Crippen LogP contribution in [0, 0.1) is 0 Å². The molecule has 4 N–H and O–H groups in total. The summed E-state index contributed by atoms with van der Waals surface area (Å²) in [5.41, 5.74) is 7.60. The van der Waals surface area contributed by atoms with E-state index in [0.717, 1.165) is 71.0 Å². The summed E-state index contributed by atoms with van der Waals surface area (Å²) in [4.78, 5) is 21.1. The molecule has 3 aromatic heterocycles. The van der Waals surface area contributed by atoms with Gasteiger partial charge >= 0.3 is 0 Å². The van der Waals surface area contributed by atoms with Crippen LogP contribution < -0.4 is 10.6 Å².